The molecule has 0 aliphatic rings. The third-order valence-electron chi connectivity index (χ3n) is 2.19. The second kappa shape index (κ2) is 4.65. The summed E-state index contributed by atoms with van der Waals surface area (Å²) in [5, 5.41) is 8.85. The summed E-state index contributed by atoms with van der Waals surface area (Å²) in [4.78, 5) is 14.8. The lowest BCUT2D eigenvalue weighted by Gasteiger charge is -2.05. The maximum atomic E-state index is 10.8. The Hall–Kier alpha value is -2.36. The van der Waals surface area contributed by atoms with Gasteiger partial charge in [0.1, 0.15) is 5.75 Å². The number of hydrogen-bond donors (Lipinski definition) is 1. The van der Waals surface area contributed by atoms with E-state index in [9.17, 15) is 4.79 Å². The van der Waals surface area contributed by atoms with Gasteiger partial charge in [-0.1, -0.05) is 6.07 Å². The van der Waals surface area contributed by atoms with Crippen molar-refractivity contribution < 1.29 is 14.6 Å². The average molecular weight is 229 g/mol. The average Bonchev–Trinajstić information content (AvgIpc) is 2.29. The molecule has 0 saturated heterocycles. The first-order valence-electron chi connectivity index (χ1n) is 5.09. The smallest absolute Gasteiger partial charge is 0.335 e. The van der Waals surface area contributed by atoms with E-state index in [0.717, 1.165) is 5.56 Å². The summed E-state index contributed by atoms with van der Waals surface area (Å²) in [6.07, 6.45) is 1.64. The molecule has 0 bridgehead atoms. The number of nitrogens with zero attached hydrogens (tertiary/aromatic N) is 1. The molecule has 1 aromatic heterocycles. The normalized spacial score (nSPS) is 9.94. The number of aromatic carboxylic acids is 1. The Morgan fingerprint density at radius 3 is 2.82 bits per heavy atom. The zero-order valence-corrected chi connectivity index (χ0v) is 9.25. The van der Waals surface area contributed by atoms with Crippen molar-refractivity contribution in [2.45, 2.75) is 6.92 Å². The lowest BCUT2D eigenvalue weighted by molar-refractivity contribution is 0.0696. The lowest BCUT2D eigenvalue weighted by atomic mass is 10.2. The summed E-state index contributed by atoms with van der Waals surface area (Å²) >= 11 is 0. The summed E-state index contributed by atoms with van der Waals surface area (Å²) in [6.45, 7) is 1.93. The molecule has 0 aliphatic carbocycles. The quantitative estimate of drug-likeness (QED) is 0.879. The van der Waals surface area contributed by atoms with Crippen molar-refractivity contribution in [1.29, 1.82) is 0 Å². The number of aryl methyl sites for hydroxylation is 1. The predicted octanol–water partition coefficient (Wildman–Crippen LogP) is 2.88. The van der Waals surface area contributed by atoms with Gasteiger partial charge in [0.05, 0.1) is 5.56 Å². The molecule has 0 unspecified atom stereocenters. The molecule has 2 rings (SSSR count). The van der Waals surface area contributed by atoms with Gasteiger partial charge in [0, 0.05) is 12.3 Å². The van der Waals surface area contributed by atoms with Crippen LogP contribution in [0.1, 0.15) is 15.9 Å². The largest absolute Gasteiger partial charge is 0.478 e. The molecule has 4 nitrogen and oxygen atoms in total. The van der Waals surface area contributed by atoms with E-state index in [0.29, 0.717) is 11.6 Å². The fourth-order valence-electron chi connectivity index (χ4n) is 1.38. The number of rotatable bonds is 3. The maximum absolute atomic E-state index is 10.8. The first-order valence-corrected chi connectivity index (χ1v) is 5.09. The van der Waals surface area contributed by atoms with Crippen LogP contribution in [0.3, 0.4) is 0 Å². The molecule has 1 aromatic carbocycles. The van der Waals surface area contributed by atoms with Crippen molar-refractivity contribution in [3.8, 4) is 11.6 Å². The summed E-state index contributed by atoms with van der Waals surface area (Å²) in [5.41, 5.74) is 1.22. The van der Waals surface area contributed by atoms with Gasteiger partial charge < -0.3 is 9.84 Å². The van der Waals surface area contributed by atoms with Crippen molar-refractivity contribution in [2.24, 2.45) is 0 Å². The molecule has 0 atom stereocenters. The molecule has 0 fully saturated rings. The second-order valence-corrected chi connectivity index (χ2v) is 3.61. The molecule has 0 radical (unpaired) electrons. The van der Waals surface area contributed by atoms with Crippen LogP contribution in [-0.4, -0.2) is 16.1 Å². The monoisotopic (exact) mass is 229 g/mol. The zero-order chi connectivity index (χ0) is 12.3. The van der Waals surface area contributed by atoms with Gasteiger partial charge in [0.25, 0.3) is 0 Å². The Balaban J connectivity index is 2.24. The molecule has 0 aliphatic heterocycles. The van der Waals surface area contributed by atoms with Crippen LogP contribution in [0.25, 0.3) is 0 Å². The third kappa shape index (κ3) is 2.81. The van der Waals surface area contributed by atoms with Gasteiger partial charge in [-0.25, -0.2) is 9.78 Å². The third-order valence-corrected chi connectivity index (χ3v) is 2.19. The van der Waals surface area contributed by atoms with Crippen LogP contribution in [0.4, 0.5) is 0 Å². The van der Waals surface area contributed by atoms with Crippen molar-refractivity contribution >= 4 is 5.97 Å². The number of ether oxygens (including phenoxy) is 1. The van der Waals surface area contributed by atoms with Crippen LogP contribution in [0.5, 0.6) is 11.6 Å². The highest BCUT2D eigenvalue weighted by Gasteiger charge is 2.05. The van der Waals surface area contributed by atoms with Gasteiger partial charge in [-0.3, -0.25) is 0 Å². The lowest BCUT2D eigenvalue weighted by Crippen LogP contribution is -1.96. The maximum Gasteiger partial charge on any atom is 0.335 e. The fourth-order valence-corrected chi connectivity index (χ4v) is 1.38. The van der Waals surface area contributed by atoms with Crippen molar-refractivity contribution in [1.82, 2.24) is 4.98 Å². The summed E-state index contributed by atoms with van der Waals surface area (Å²) < 4.78 is 5.48. The molecule has 0 amide bonds. The molecular formula is C13H11NO3. The standard InChI is InChI=1S/C13H11NO3/c1-9-5-6-14-12(7-9)17-11-4-2-3-10(8-11)13(15)16/h2-8H,1H3,(H,15,16). The number of aromatic nitrogens is 1. The van der Waals surface area contributed by atoms with Gasteiger partial charge in [-0.15, -0.1) is 0 Å². The molecule has 1 N–H and O–H groups in total. The van der Waals surface area contributed by atoms with E-state index >= 15 is 0 Å². The van der Waals surface area contributed by atoms with E-state index in [1.54, 1.807) is 24.4 Å². The first kappa shape index (κ1) is 11.1. The Labute approximate surface area is 98.5 Å². The van der Waals surface area contributed by atoms with Crippen LogP contribution in [0, 0.1) is 6.92 Å². The minimum atomic E-state index is -0.979. The highest BCUT2D eigenvalue weighted by molar-refractivity contribution is 5.88. The first-order chi connectivity index (χ1) is 8.15. The minimum absolute atomic E-state index is 0.190. The number of pyridine rings is 1. The van der Waals surface area contributed by atoms with Crippen molar-refractivity contribution in [3.05, 3.63) is 53.7 Å². The molecule has 4 heteroatoms. The van der Waals surface area contributed by atoms with Gasteiger partial charge in [-0.05, 0) is 36.8 Å². The van der Waals surface area contributed by atoms with Gasteiger partial charge in [-0.2, -0.15) is 0 Å². The molecule has 0 saturated carbocycles. The second-order valence-electron chi connectivity index (χ2n) is 3.61. The topological polar surface area (TPSA) is 59.4 Å². The molecule has 17 heavy (non-hydrogen) atoms. The number of carboxylic acid groups (broad SMARTS) is 1. The van der Waals surface area contributed by atoms with Crippen LogP contribution in [-0.2, 0) is 0 Å². The number of hydrogen-bond acceptors (Lipinski definition) is 3. The Morgan fingerprint density at radius 2 is 2.12 bits per heavy atom. The van der Waals surface area contributed by atoms with E-state index in [2.05, 4.69) is 4.98 Å². The summed E-state index contributed by atoms with van der Waals surface area (Å²) in [6, 6.07) is 9.95. The highest BCUT2D eigenvalue weighted by atomic mass is 16.5. The van der Waals surface area contributed by atoms with Crippen molar-refractivity contribution in [3.63, 3.8) is 0 Å². The number of carbonyl (C=O) groups is 1. The minimum Gasteiger partial charge on any atom is -0.478 e. The van der Waals surface area contributed by atoms with Crippen LogP contribution in [0.15, 0.2) is 42.6 Å². The van der Waals surface area contributed by atoms with Crippen LogP contribution >= 0.6 is 0 Å². The van der Waals surface area contributed by atoms with E-state index in [1.807, 2.05) is 13.0 Å². The number of carboxylic acids is 1. The zero-order valence-electron chi connectivity index (χ0n) is 9.25. The van der Waals surface area contributed by atoms with Crippen molar-refractivity contribution in [2.75, 3.05) is 0 Å². The van der Waals surface area contributed by atoms with Crippen LogP contribution < -0.4 is 4.74 Å². The Kier molecular flexibility index (Phi) is 3.05. The Bertz CT molecular complexity index is 552. The van der Waals surface area contributed by atoms with Crippen LogP contribution in [0.2, 0.25) is 0 Å². The van der Waals surface area contributed by atoms with Gasteiger partial charge in [0.15, 0.2) is 0 Å². The van der Waals surface area contributed by atoms with E-state index in [4.69, 9.17) is 9.84 Å². The molecule has 1 heterocycles. The van der Waals surface area contributed by atoms with Gasteiger partial charge >= 0.3 is 5.97 Å². The number of benzene rings is 1. The molecule has 0 spiro atoms. The predicted molar refractivity (Wildman–Crippen MR) is 62.4 cm³/mol. The molecular weight excluding hydrogens is 218 g/mol. The van der Waals surface area contributed by atoms with E-state index < -0.39 is 5.97 Å². The van der Waals surface area contributed by atoms with E-state index in [1.165, 1.54) is 12.1 Å². The van der Waals surface area contributed by atoms with Gasteiger partial charge in [0.2, 0.25) is 5.88 Å². The summed E-state index contributed by atoms with van der Waals surface area (Å²) in [5.74, 6) is -0.0665. The molecule has 2 aromatic rings. The Morgan fingerprint density at radius 1 is 1.29 bits per heavy atom. The highest BCUT2D eigenvalue weighted by Crippen LogP contribution is 2.20. The fraction of sp³-hybridized carbons (Fsp3) is 0.0769. The summed E-state index contributed by atoms with van der Waals surface area (Å²) in [7, 11) is 0. The molecule has 86 valence electrons. The van der Waals surface area contributed by atoms with E-state index in [-0.39, 0.29) is 5.56 Å². The SMILES string of the molecule is Cc1ccnc(Oc2cccc(C(=O)O)c2)c1.